The Kier molecular flexibility index (Phi) is 3.27. The van der Waals surface area contributed by atoms with Gasteiger partial charge in [-0.25, -0.2) is 0 Å². The fourth-order valence-electron chi connectivity index (χ4n) is 3.10. The van der Waals surface area contributed by atoms with Gasteiger partial charge in [0.05, 0.1) is 5.41 Å². The van der Waals surface area contributed by atoms with Gasteiger partial charge < -0.3 is 10.0 Å². The summed E-state index contributed by atoms with van der Waals surface area (Å²) in [6, 6.07) is 7.68. The fourth-order valence-corrected chi connectivity index (χ4v) is 3.29. The fraction of sp³-hybridized carbons (Fsp3) is 0.533. The van der Waals surface area contributed by atoms with Crippen LogP contribution in [-0.2, 0) is 10.2 Å². The smallest absolute Gasteiger partial charge is 0.233 e. The molecule has 1 amide bonds. The first-order valence-electron chi connectivity index (χ1n) is 6.82. The van der Waals surface area contributed by atoms with Crippen LogP contribution in [0.3, 0.4) is 0 Å². The van der Waals surface area contributed by atoms with Crippen LogP contribution in [-0.4, -0.2) is 35.6 Å². The van der Waals surface area contributed by atoms with Crippen LogP contribution in [0.15, 0.2) is 24.3 Å². The number of likely N-dealkylation sites (tertiary alicyclic amines) is 1. The van der Waals surface area contributed by atoms with Crippen molar-refractivity contribution in [2.75, 3.05) is 19.7 Å². The Hall–Kier alpha value is -1.06. The molecule has 0 aromatic heterocycles. The van der Waals surface area contributed by atoms with Crippen LogP contribution in [0.2, 0.25) is 5.02 Å². The van der Waals surface area contributed by atoms with Crippen molar-refractivity contribution < 1.29 is 9.90 Å². The maximum atomic E-state index is 12.7. The van der Waals surface area contributed by atoms with E-state index in [9.17, 15) is 4.79 Å². The molecule has 1 aromatic carbocycles. The van der Waals surface area contributed by atoms with Gasteiger partial charge in [-0.3, -0.25) is 4.79 Å². The zero-order chi connectivity index (χ0) is 13.5. The van der Waals surface area contributed by atoms with E-state index >= 15 is 0 Å². The number of aliphatic hydroxyl groups excluding tert-OH is 1. The maximum Gasteiger partial charge on any atom is 0.233 e. The topological polar surface area (TPSA) is 40.5 Å². The monoisotopic (exact) mass is 279 g/mol. The van der Waals surface area contributed by atoms with E-state index in [0.29, 0.717) is 18.1 Å². The lowest BCUT2D eigenvalue weighted by Gasteiger charge is -2.48. The third kappa shape index (κ3) is 2.05. The highest BCUT2D eigenvalue weighted by atomic mass is 35.5. The number of carbonyl (C=O) groups is 1. The average molecular weight is 280 g/mol. The molecule has 2 fully saturated rings. The second-order valence-electron chi connectivity index (χ2n) is 5.70. The van der Waals surface area contributed by atoms with Crippen LogP contribution in [0.4, 0.5) is 0 Å². The molecule has 3 nitrogen and oxygen atoms in total. The number of hydrogen-bond donors (Lipinski definition) is 1. The predicted molar refractivity (Wildman–Crippen MR) is 74.1 cm³/mol. The van der Waals surface area contributed by atoms with Gasteiger partial charge in [0.15, 0.2) is 0 Å². The van der Waals surface area contributed by atoms with Crippen LogP contribution in [0.1, 0.15) is 24.8 Å². The molecule has 1 saturated heterocycles. The Morgan fingerprint density at radius 3 is 2.68 bits per heavy atom. The molecule has 0 atom stereocenters. The molecular weight excluding hydrogens is 262 g/mol. The van der Waals surface area contributed by atoms with E-state index in [4.69, 9.17) is 16.7 Å². The predicted octanol–water partition coefficient (Wildman–Crippen LogP) is 2.21. The van der Waals surface area contributed by atoms with E-state index in [0.717, 1.165) is 24.8 Å². The normalized spacial score (nSPS) is 21.7. The quantitative estimate of drug-likeness (QED) is 0.922. The first-order chi connectivity index (χ1) is 9.15. The zero-order valence-corrected chi connectivity index (χ0v) is 11.6. The Morgan fingerprint density at radius 1 is 1.42 bits per heavy atom. The van der Waals surface area contributed by atoms with E-state index in [2.05, 4.69) is 0 Å². The third-order valence-electron chi connectivity index (χ3n) is 4.50. The number of nitrogens with zero attached hydrogens (tertiary/aromatic N) is 1. The number of hydrogen-bond acceptors (Lipinski definition) is 2. The summed E-state index contributed by atoms with van der Waals surface area (Å²) in [6.07, 6.45) is 2.91. The molecule has 0 spiro atoms. The van der Waals surface area contributed by atoms with Crippen LogP contribution in [0, 0.1) is 5.92 Å². The molecule has 4 heteroatoms. The molecule has 0 unspecified atom stereocenters. The maximum absolute atomic E-state index is 12.7. The summed E-state index contributed by atoms with van der Waals surface area (Å²) in [5.74, 6) is 0.478. The molecule has 1 aliphatic heterocycles. The van der Waals surface area contributed by atoms with Crippen LogP contribution < -0.4 is 0 Å². The molecule has 1 N–H and O–H groups in total. The molecular formula is C15H18ClNO2. The summed E-state index contributed by atoms with van der Waals surface area (Å²) in [7, 11) is 0. The molecule has 0 radical (unpaired) electrons. The summed E-state index contributed by atoms with van der Waals surface area (Å²) in [4.78, 5) is 14.6. The van der Waals surface area contributed by atoms with Gasteiger partial charge in [-0.15, -0.1) is 0 Å². The van der Waals surface area contributed by atoms with Gasteiger partial charge in [-0.2, -0.15) is 0 Å². The lowest BCUT2D eigenvalue weighted by atomic mass is 9.63. The average Bonchev–Trinajstić information content (AvgIpc) is 2.26. The summed E-state index contributed by atoms with van der Waals surface area (Å²) in [5.41, 5.74) is 0.689. The van der Waals surface area contributed by atoms with Crippen molar-refractivity contribution >= 4 is 17.5 Å². The molecule has 1 heterocycles. The Bertz CT molecular complexity index is 493. The van der Waals surface area contributed by atoms with E-state index in [-0.39, 0.29) is 23.8 Å². The minimum atomic E-state index is -0.356. The van der Waals surface area contributed by atoms with E-state index in [1.165, 1.54) is 0 Å². The first-order valence-corrected chi connectivity index (χ1v) is 7.20. The minimum Gasteiger partial charge on any atom is -0.396 e. The van der Waals surface area contributed by atoms with Crippen LogP contribution >= 0.6 is 11.6 Å². The Morgan fingerprint density at radius 2 is 2.16 bits per heavy atom. The lowest BCUT2D eigenvalue weighted by Crippen LogP contribution is -2.59. The summed E-state index contributed by atoms with van der Waals surface area (Å²) < 4.78 is 0. The van der Waals surface area contributed by atoms with E-state index in [1.54, 1.807) is 0 Å². The van der Waals surface area contributed by atoms with Crippen molar-refractivity contribution in [2.24, 2.45) is 5.92 Å². The lowest BCUT2D eigenvalue weighted by molar-refractivity contribution is -0.148. The second kappa shape index (κ2) is 4.80. The zero-order valence-electron chi connectivity index (χ0n) is 10.8. The van der Waals surface area contributed by atoms with Crippen LogP contribution in [0.5, 0.6) is 0 Å². The van der Waals surface area contributed by atoms with Crippen molar-refractivity contribution in [3.05, 3.63) is 34.9 Å². The van der Waals surface area contributed by atoms with Crippen molar-refractivity contribution in [3.63, 3.8) is 0 Å². The van der Waals surface area contributed by atoms with Gasteiger partial charge >= 0.3 is 0 Å². The van der Waals surface area contributed by atoms with Crippen molar-refractivity contribution in [3.8, 4) is 0 Å². The standard InChI is InChI=1S/C15H18ClNO2/c16-13-4-1-3-12(7-13)15(5-2-6-15)14(19)17-8-11(9-17)10-18/h1,3-4,7,11,18H,2,5-6,8-10H2. The number of rotatable bonds is 3. The van der Waals surface area contributed by atoms with Gasteiger partial charge in [0.2, 0.25) is 5.91 Å². The number of carbonyl (C=O) groups excluding carboxylic acids is 1. The largest absolute Gasteiger partial charge is 0.396 e. The number of amides is 1. The highest BCUT2D eigenvalue weighted by molar-refractivity contribution is 6.30. The summed E-state index contributed by atoms with van der Waals surface area (Å²) in [5, 5.41) is 9.75. The third-order valence-corrected chi connectivity index (χ3v) is 4.73. The minimum absolute atomic E-state index is 0.175. The summed E-state index contributed by atoms with van der Waals surface area (Å²) in [6.45, 7) is 1.56. The van der Waals surface area contributed by atoms with Gasteiger partial charge in [-0.05, 0) is 30.5 Å². The van der Waals surface area contributed by atoms with E-state index in [1.807, 2.05) is 29.2 Å². The molecule has 102 valence electrons. The van der Waals surface area contributed by atoms with Gasteiger partial charge in [0.25, 0.3) is 0 Å². The van der Waals surface area contributed by atoms with Gasteiger partial charge in [0, 0.05) is 30.6 Å². The Labute approximate surface area is 118 Å². The SMILES string of the molecule is O=C(N1CC(CO)C1)C1(c2cccc(Cl)c2)CCC1. The van der Waals surface area contributed by atoms with E-state index < -0.39 is 0 Å². The number of halogens is 1. The molecule has 3 rings (SSSR count). The molecule has 19 heavy (non-hydrogen) atoms. The molecule has 2 aliphatic rings. The van der Waals surface area contributed by atoms with Crippen molar-refractivity contribution in [1.29, 1.82) is 0 Å². The first kappa shape index (κ1) is 12.9. The van der Waals surface area contributed by atoms with Crippen molar-refractivity contribution in [1.82, 2.24) is 4.90 Å². The van der Waals surface area contributed by atoms with Gasteiger partial charge in [-0.1, -0.05) is 30.2 Å². The molecule has 1 aromatic rings. The summed E-state index contributed by atoms with van der Waals surface area (Å²) >= 11 is 6.05. The van der Waals surface area contributed by atoms with Gasteiger partial charge in [0.1, 0.15) is 0 Å². The van der Waals surface area contributed by atoms with Crippen molar-refractivity contribution in [2.45, 2.75) is 24.7 Å². The molecule has 1 aliphatic carbocycles. The number of benzene rings is 1. The highest BCUT2D eigenvalue weighted by Gasteiger charge is 2.49. The Balaban J connectivity index is 1.82. The second-order valence-corrected chi connectivity index (χ2v) is 6.14. The molecule has 1 saturated carbocycles. The molecule has 0 bridgehead atoms. The van der Waals surface area contributed by atoms with Crippen LogP contribution in [0.25, 0.3) is 0 Å². The number of aliphatic hydroxyl groups is 1. The highest BCUT2D eigenvalue weighted by Crippen LogP contribution is 2.46.